The molecular formula is C29H26N2O7. The number of nitrogens with one attached hydrogen (secondary N) is 1. The zero-order valence-corrected chi connectivity index (χ0v) is 20.7. The molecule has 9 nitrogen and oxygen atoms in total. The molecule has 1 atom stereocenters. The topological polar surface area (TPSA) is 119 Å². The first kappa shape index (κ1) is 26.3. The van der Waals surface area contributed by atoms with Gasteiger partial charge in [-0.1, -0.05) is 49.4 Å². The molecule has 3 aromatic carbocycles. The first-order chi connectivity index (χ1) is 18.4. The molecule has 9 heteroatoms. The van der Waals surface area contributed by atoms with E-state index in [1.54, 1.807) is 36.4 Å². The van der Waals surface area contributed by atoms with Crippen molar-refractivity contribution < 1.29 is 33.4 Å². The second-order valence-electron chi connectivity index (χ2n) is 8.60. The van der Waals surface area contributed by atoms with Crippen molar-refractivity contribution >= 4 is 35.3 Å². The molecule has 1 aliphatic heterocycles. The number of imide groups is 1. The van der Waals surface area contributed by atoms with E-state index in [0.717, 1.165) is 4.90 Å². The van der Waals surface area contributed by atoms with Crippen molar-refractivity contribution in [1.29, 1.82) is 0 Å². The molecule has 0 radical (unpaired) electrons. The van der Waals surface area contributed by atoms with Crippen LogP contribution in [-0.2, 0) is 25.5 Å². The van der Waals surface area contributed by atoms with Crippen molar-refractivity contribution in [3.8, 4) is 0 Å². The van der Waals surface area contributed by atoms with Gasteiger partial charge in [0.25, 0.3) is 17.7 Å². The summed E-state index contributed by atoms with van der Waals surface area (Å²) in [5.41, 5.74) is 1.87. The maximum atomic E-state index is 13.1. The minimum absolute atomic E-state index is 0.0301. The van der Waals surface area contributed by atoms with Gasteiger partial charge in [-0.15, -0.1) is 0 Å². The molecule has 0 fully saturated rings. The second kappa shape index (κ2) is 12.0. The van der Waals surface area contributed by atoms with Crippen molar-refractivity contribution in [1.82, 2.24) is 4.90 Å². The van der Waals surface area contributed by atoms with Crippen LogP contribution in [0, 0.1) is 0 Å². The van der Waals surface area contributed by atoms with Gasteiger partial charge in [-0.3, -0.25) is 19.3 Å². The van der Waals surface area contributed by atoms with Crippen LogP contribution >= 0.6 is 0 Å². The minimum atomic E-state index is -1.26. The highest BCUT2D eigenvalue weighted by atomic mass is 16.5. The number of rotatable bonds is 10. The van der Waals surface area contributed by atoms with Gasteiger partial charge in [-0.05, 0) is 48.4 Å². The lowest BCUT2D eigenvalue weighted by molar-refractivity contribution is -0.151. The molecule has 0 saturated carbocycles. The molecule has 0 aliphatic carbocycles. The number of benzene rings is 3. The normalized spacial score (nSPS) is 13.0. The van der Waals surface area contributed by atoms with Crippen molar-refractivity contribution in [3.63, 3.8) is 0 Å². The van der Waals surface area contributed by atoms with Gasteiger partial charge in [0.2, 0.25) is 0 Å². The highest BCUT2D eigenvalue weighted by Crippen LogP contribution is 2.26. The van der Waals surface area contributed by atoms with Crippen LogP contribution in [0.3, 0.4) is 0 Å². The van der Waals surface area contributed by atoms with E-state index in [-0.39, 0.29) is 17.5 Å². The van der Waals surface area contributed by atoms with Crippen LogP contribution in [0.1, 0.15) is 50.0 Å². The Morgan fingerprint density at radius 2 is 1.42 bits per heavy atom. The predicted octanol–water partition coefficient (Wildman–Crippen LogP) is 3.64. The lowest BCUT2D eigenvalue weighted by Gasteiger charge is -2.24. The molecule has 0 bridgehead atoms. The molecular weight excluding hydrogens is 488 g/mol. The van der Waals surface area contributed by atoms with Crippen LogP contribution in [0.4, 0.5) is 5.69 Å². The Hall–Kier alpha value is -4.79. The van der Waals surface area contributed by atoms with Crippen LogP contribution < -0.4 is 5.32 Å². The zero-order chi connectivity index (χ0) is 27.1. The summed E-state index contributed by atoms with van der Waals surface area (Å²) in [6.07, 6.45) is 0.736. The Labute approximate surface area is 219 Å². The van der Waals surface area contributed by atoms with Gasteiger partial charge in [0.05, 0.1) is 23.3 Å². The summed E-state index contributed by atoms with van der Waals surface area (Å²) in [4.78, 5) is 64.5. The van der Waals surface area contributed by atoms with Gasteiger partial charge >= 0.3 is 11.9 Å². The number of esters is 2. The van der Waals surface area contributed by atoms with Crippen LogP contribution in [0.15, 0.2) is 78.9 Å². The smallest absolute Gasteiger partial charge is 0.338 e. The van der Waals surface area contributed by atoms with Crippen molar-refractivity contribution in [3.05, 3.63) is 101 Å². The SMILES string of the molecule is CCCOC(=O)c1ccc(NC(=O)COC(=O)[C@@H](Cc2ccccc2)N2C(=O)c3ccccc3C2=O)cc1. The van der Waals surface area contributed by atoms with Gasteiger partial charge in [0, 0.05) is 12.1 Å². The van der Waals surface area contributed by atoms with E-state index in [0.29, 0.717) is 29.8 Å². The van der Waals surface area contributed by atoms with Gasteiger partial charge in [-0.2, -0.15) is 0 Å². The summed E-state index contributed by atoms with van der Waals surface area (Å²) in [7, 11) is 0. The maximum absolute atomic E-state index is 13.1. The minimum Gasteiger partial charge on any atom is -0.462 e. The fourth-order valence-corrected chi connectivity index (χ4v) is 4.01. The molecule has 1 N–H and O–H groups in total. The molecule has 0 saturated heterocycles. The van der Waals surface area contributed by atoms with E-state index in [4.69, 9.17) is 9.47 Å². The predicted molar refractivity (Wildman–Crippen MR) is 137 cm³/mol. The van der Waals surface area contributed by atoms with E-state index < -0.39 is 42.3 Å². The summed E-state index contributed by atoms with van der Waals surface area (Å²) in [5, 5.41) is 2.58. The molecule has 0 unspecified atom stereocenters. The molecule has 4 rings (SSSR count). The molecule has 0 aromatic heterocycles. The maximum Gasteiger partial charge on any atom is 0.338 e. The number of amides is 3. The third-order valence-corrected chi connectivity index (χ3v) is 5.87. The summed E-state index contributed by atoms with van der Waals surface area (Å²) in [5.74, 6) is -3.15. The van der Waals surface area contributed by atoms with Crippen LogP contribution in [0.25, 0.3) is 0 Å². The quantitative estimate of drug-likeness (QED) is 0.324. The third kappa shape index (κ3) is 5.95. The number of hydrogen-bond donors (Lipinski definition) is 1. The Morgan fingerprint density at radius 3 is 2.03 bits per heavy atom. The average molecular weight is 515 g/mol. The number of anilines is 1. The monoisotopic (exact) mass is 514 g/mol. The standard InChI is InChI=1S/C29H26N2O7/c1-2-16-37-28(35)20-12-14-21(15-13-20)30-25(32)18-38-29(36)24(17-19-8-4-3-5-9-19)31-26(33)22-10-6-7-11-23(22)27(31)34/h3-15,24H,2,16-18H2,1H3,(H,30,32)/t24-/m1/s1. The fraction of sp³-hybridized carbons (Fsp3) is 0.207. The molecule has 3 aromatic rings. The average Bonchev–Trinajstić information content (AvgIpc) is 3.19. The highest BCUT2D eigenvalue weighted by molar-refractivity contribution is 6.22. The molecule has 3 amide bonds. The number of hydrogen-bond acceptors (Lipinski definition) is 7. The summed E-state index contributed by atoms with van der Waals surface area (Å²) < 4.78 is 10.3. The Kier molecular flexibility index (Phi) is 8.27. The molecule has 194 valence electrons. The highest BCUT2D eigenvalue weighted by Gasteiger charge is 2.43. The summed E-state index contributed by atoms with van der Waals surface area (Å²) in [6.45, 7) is 1.57. The molecule has 1 aliphatic rings. The van der Waals surface area contributed by atoms with Crippen LogP contribution in [0.5, 0.6) is 0 Å². The van der Waals surface area contributed by atoms with E-state index in [1.165, 1.54) is 36.4 Å². The first-order valence-corrected chi connectivity index (χ1v) is 12.1. The van der Waals surface area contributed by atoms with Crippen LogP contribution in [0.2, 0.25) is 0 Å². The Morgan fingerprint density at radius 1 is 0.816 bits per heavy atom. The Bertz CT molecular complexity index is 1320. The second-order valence-corrected chi connectivity index (χ2v) is 8.60. The Balaban J connectivity index is 1.42. The number of carbonyl (C=O) groups excluding carboxylic acids is 5. The number of ether oxygens (including phenoxy) is 2. The largest absolute Gasteiger partial charge is 0.462 e. The lowest BCUT2D eigenvalue weighted by Crippen LogP contribution is -2.47. The van der Waals surface area contributed by atoms with E-state index >= 15 is 0 Å². The van der Waals surface area contributed by atoms with Crippen LogP contribution in [-0.4, -0.2) is 53.8 Å². The van der Waals surface area contributed by atoms with Crippen molar-refractivity contribution in [2.45, 2.75) is 25.8 Å². The van der Waals surface area contributed by atoms with Crippen molar-refractivity contribution in [2.24, 2.45) is 0 Å². The molecule has 1 heterocycles. The number of nitrogens with zero attached hydrogens (tertiary/aromatic N) is 1. The van der Waals surface area contributed by atoms with Gasteiger partial charge < -0.3 is 14.8 Å². The zero-order valence-electron chi connectivity index (χ0n) is 20.7. The van der Waals surface area contributed by atoms with Gasteiger partial charge in [-0.25, -0.2) is 9.59 Å². The lowest BCUT2D eigenvalue weighted by atomic mass is 10.0. The summed E-state index contributed by atoms with van der Waals surface area (Å²) in [6, 6.07) is 20.1. The van der Waals surface area contributed by atoms with E-state index in [9.17, 15) is 24.0 Å². The third-order valence-electron chi connectivity index (χ3n) is 5.87. The fourth-order valence-electron chi connectivity index (χ4n) is 4.01. The van der Waals surface area contributed by atoms with Gasteiger partial charge in [0.1, 0.15) is 6.04 Å². The molecule has 0 spiro atoms. The number of carbonyl (C=O) groups is 5. The van der Waals surface area contributed by atoms with E-state index in [2.05, 4.69) is 5.32 Å². The molecule has 38 heavy (non-hydrogen) atoms. The first-order valence-electron chi connectivity index (χ1n) is 12.1. The van der Waals surface area contributed by atoms with E-state index in [1.807, 2.05) is 13.0 Å². The van der Waals surface area contributed by atoms with Crippen molar-refractivity contribution in [2.75, 3.05) is 18.5 Å². The van der Waals surface area contributed by atoms with Gasteiger partial charge in [0.15, 0.2) is 6.61 Å². The summed E-state index contributed by atoms with van der Waals surface area (Å²) >= 11 is 0. The number of fused-ring (bicyclic) bond motifs is 1.